The van der Waals surface area contributed by atoms with Crippen molar-refractivity contribution in [3.63, 3.8) is 0 Å². The van der Waals surface area contributed by atoms with E-state index in [4.69, 9.17) is 4.74 Å². The molecule has 2 aromatic carbocycles. The highest BCUT2D eigenvalue weighted by atomic mass is 35.5. The van der Waals surface area contributed by atoms with Gasteiger partial charge in [-0.15, -0.1) is 12.4 Å². The van der Waals surface area contributed by atoms with E-state index >= 15 is 0 Å². The van der Waals surface area contributed by atoms with Gasteiger partial charge < -0.3 is 15.4 Å². The smallest absolute Gasteiger partial charge is 0.223 e. The number of amides is 1. The summed E-state index contributed by atoms with van der Waals surface area (Å²) in [4.78, 5) is 12.9. The first-order valence-corrected chi connectivity index (χ1v) is 9.00. The Labute approximate surface area is 165 Å². The molecule has 1 saturated heterocycles. The lowest BCUT2D eigenvalue weighted by atomic mass is 9.91. The average Bonchev–Trinajstić information content (AvgIpc) is 2.67. The molecule has 0 aliphatic carbocycles. The number of piperidine rings is 1. The minimum atomic E-state index is -0.320. The molecule has 6 heteroatoms. The first-order valence-electron chi connectivity index (χ1n) is 9.00. The molecule has 3 rings (SSSR count). The zero-order chi connectivity index (χ0) is 18.5. The van der Waals surface area contributed by atoms with Gasteiger partial charge in [0, 0.05) is 12.0 Å². The number of nitrogens with one attached hydrogen (secondary N) is 2. The Hall–Kier alpha value is -2.11. The maximum Gasteiger partial charge on any atom is 0.223 e. The quantitative estimate of drug-likeness (QED) is 0.812. The van der Waals surface area contributed by atoms with Crippen LogP contribution in [0.5, 0.6) is 5.75 Å². The molecule has 1 unspecified atom stereocenters. The Balaban J connectivity index is 0.00000261. The zero-order valence-electron chi connectivity index (χ0n) is 15.6. The fourth-order valence-electron chi connectivity index (χ4n) is 3.44. The van der Waals surface area contributed by atoms with Crippen molar-refractivity contribution >= 4 is 18.3 Å². The van der Waals surface area contributed by atoms with Gasteiger partial charge in [0.1, 0.15) is 11.6 Å². The van der Waals surface area contributed by atoms with Gasteiger partial charge in [0.2, 0.25) is 5.91 Å². The number of carbonyl (C=O) groups is 1. The molecule has 4 nitrogen and oxygen atoms in total. The molecule has 1 fully saturated rings. The largest absolute Gasteiger partial charge is 0.497 e. The van der Waals surface area contributed by atoms with Crippen molar-refractivity contribution in [3.05, 3.63) is 65.5 Å². The third-order valence-corrected chi connectivity index (χ3v) is 4.93. The Morgan fingerprint density at radius 1 is 1.15 bits per heavy atom. The minimum Gasteiger partial charge on any atom is -0.497 e. The van der Waals surface area contributed by atoms with Gasteiger partial charge in [0.05, 0.1) is 13.2 Å². The van der Waals surface area contributed by atoms with Crippen LogP contribution in [0.25, 0.3) is 0 Å². The molecule has 0 saturated carbocycles. The van der Waals surface area contributed by atoms with Crippen molar-refractivity contribution in [1.29, 1.82) is 0 Å². The summed E-state index contributed by atoms with van der Waals surface area (Å²) in [6.07, 6.45) is 1.65. The highest BCUT2D eigenvalue weighted by molar-refractivity contribution is 5.85. The molecule has 1 aliphatic rings. The van der Waals surface area contributed by atoms with Crippen LogP contribution in [-0.4, -0.2) is 25.6 Å². The monoisotopic (exact) mass is 392 g/mol. The maximum atomic E-state index is 13.3. The highest BCUT2D eigenvalue weighted by Gasteiger charge is 2.27. The summed E-state index contributed by atoms with van der Waals surface area (Å²) in [5, 5.41) is 6.53. The lowest BCUT2D eigenvalue weighted by molar-refractivity contribution is -0.126. The van der Waals surface area contributed by atoms with E-state index in [2.05, 4.69) is 17.6 Å². The second-order valence-electron chi connectivity index (χ2n) is 6.84. The molecule has 0 bridgehead atoms. The van der Waals surface area contributed by atoms with E-state index in [-0.39, 0.29) is 36.1 Å². The van der Waals surface area contributed by atoms with E-state index in [1.807, 2.05) is 24.3 Å². The van der Waals surface area contributed by atoms with Gasteiger partial charge in [0.15, 0.2) is 0 Å². The topological polar surface area (TPSA) is 50.4 Å². The van der Waals surface area contributed by atoms with E-state index in [9.17, 15) is 9.18 Å². The van der Waals surface area contributed by atoms with Crippen LogP contribution in [0, 0.1) is 11.7 Å². The number of halogens is 2. The molecule has 0 radical (unpaired) electrons. The van der Waals surface area contributed by atoms with Gasteiger partial charge in [-0.1, -0.05) is 24.3 Å². The molecule has 2 N–H and O–H groups in total. The second kappa shape index (κ2) is 9.72. The standard InChI is InChI=1S/C21H25FN2O2.ClH/c1-14-13-17(11-12-23-14)21(25)24-20(15-3-7-18(22)8-4-15)16-5-9-19(26-2)10-6-16;/h3-10,14,17,20,23H,11-13H2,1-2H3,(H,24,25);1H/t14-,17-,20?;/m0./s1. The summed E-state index contributed by atoms with van der Waals surface area (Å²) in [6, 6.07) is 13.9. The van der Waals surface area contributed by atoms with E-state index in [1.54, 1.807) is 19.2 Å². The van der Waals surface area contributed by atoms with Crippen LogP contribution in [0.1, 0.15) is 36.9 Å². The van der Waals surface area contributed by atoms with E-state index in [0.717, 1.165) is 36.3 Å². The molecular formula is C21H26ClFN2O2. The number of rotatable bonds is 5. The molecule has 1 amide bonds. The Kier molecular flexibility index (Phi) is 7.63. The molecular weight excluding hydrogens is 367 g/mol. The SMILES string of the molecule is COc1ccc(C(NC(=O)[C@H]2CCN[C@@H](C)C2)c2ccc(F)cc2)cc1.Cl. The van der Waals surface area contributed by atoms with Gasteiger partial charge in [-0.2, -0.15) is 0 Å². The van der Waals surface area contributed by atoms with Crippen LogP contribution in [-0.2, 0) is 4.79 Å². The highest BCUT2D eigenvalue weighted by Crippen LogP contribution is 2.26. The predicted molar refractivity (Wildman–Crippen MR) is 107 cm³/mol. The number of benzene rings is 2. The molecule has 3 atom stereocenters. The summed E-state index contributed by atoms with van der Waals surface area (Å²) in [5.74, 6) is 0.502. The molecule has 1 heterocycles. The second-order valence-corrected chi connectivity index (χ2v) is 6.84. The van der Waals surface area contributed by atoms with E-state index in [0.29, 0.717) is 6.04 Å². The first-order chi connectivity index (χ1) is 12.6. The van der Waals surface area contributed by atoms with Crippen molar-refractivity contribution < 1.29 is 13.9 Å². The fourth-order valence-corrected chi connectivity index (χ4v) is 3.44. The van der Waals surface area contributed by atoms with Gasteiger partial charge >= 0.3 is 0 Å². The van der Waals surface area contributed by atoms with Crippen molar-refractivity contribution in [2.75, 3.05) is 13.7 Å². The summed E-state index contributed by atoms with van der Waals surface area (Å²) in [7, 11) is 1.62. The van der Waals surface area contributed by atoms with Crippen molar-refractivity contribution in [2.45, 2.75) is 31.8 Å². The summed E-state index contributed by atoms with van der Waals surface area (Å²) >= 11 is 0. The number of carbonyl (C=O) groups excluding carboxylic acids is 1. The van der Waals surface area contributed by atoms with Crippen molar-refractivity contribution in [2.24, 2.45) is 5.92 Å². The van der Waals surface area contributed by atoms with Crippen LogP contribution >= 0.6 is 12.4 Å². The third-order valence-electron chi connectivity index (χ3n) is 4.93. The molecule has 27 heavy (non-hydrogen) atoms. The summed E-state index contributed by atoms with van der Waals surface area (Å²) < 4.78 is 18.6. The van der Waals surface area contributed by atoms with Crippen LogP contribution < -0.4 is 15.4 Å². The average molecular weight is 393 g/mol. The molecule has 0 spiro atoms. The molecule has 0 aromatic heterocycles. The molecule has 1 aliphatic heterocycles. The van der Waals surface area contributed by atoms with E-state index in [1.165, 1.54) is 12.1 Å². The van der Waals surface area contributed by atoms with Crippen LogP contribution in [0.2, 0.25) is 0 Å². The van der Waals surface area contributed by atoms with Gasteiger partial charge in [-0.3, -0.25) is 4.79 Å². The Morgan fingerprint density at radius 3 is 2.30 bits per heavy atom. The normalized spacial score (nSPS) is 20.3. The summed E-state index contributed by atoms with van der Waals surface area (Å²) in [6.45, 7) is 2.95. The number of methoxy groups -OCH3 is 1. The fraction of sp³-hybridized carbons (Fsp3) is 0.381. The Morgan fingerprint density at radius 2 is 1.74 bits per heavy atom. The van der Waals surface area contributed by atoms with Crippen molar-refractivity contribution in [1.82, 2.24) is 10.6 Å². The predicted octanol–water partition coefficient (Wildman–Crippen LogP) is 3.85. The lowest BCUT2D eigenvalue weighted by Gasteiger charge is -2.29. The van der Waals surface area contributed by atoms with Gasteiger partial charge in [0.25, 0.3) is 0 Å². The minimum absolute atomic E-state index is 0. The van der Waals surface area contributed by atoms with Crippen LogP contribution in [0.3, 0.4) is 0 Å². The van der Waals surface area contributed by atoms with E-state index < -0.39 is 0 Å². The first kappa shape index (κ1) is 21.2. The molecule has 2 aromatic rings. The lowest BCUT2D eigenvalue weighted by Crippen LogP contribution is -2.43. The number of ether oxygens (including phenoxy) is 1. The maximum absolute atomic E-state index is 13.3. The van der Waals surface area contributed by atoms with Gasteiger partial charge in [-0.25, -0.2) is 4.39 Å². The molecule has 146 valence electrons. The van der Waals surface area contributed by atoms with Gasteiger partial charge in [-0.05, 0) is 61.7 Å². The third kappa shape index (κ3) is 5.44. The summed E-state index contributed by atoms with van der Waals surface area (Å²) in [5.41, 5.74) is 1.79. The Bertz CT molecular complexity index is 737. The van der Waals surface area contributed by atoms with Crippen molar-refractivity contribution in [3.8, 4) is 5.75 Å². The van der Waals surface area contributed by atoms with Crippen LogP contribution in [0.15, 0.2) is 48.5 Å². The van der Waals surface area contributed by atoms with Crippen LogP contribution in [0.4, 0.5) is 4.39 Å². The zero-order valence-corrected chi connectivity index (χ0v) is 16.4. The number of hydrogen-bond acceptors (Lipinski definition) is 3. The number of hydrogen-bond donors (Lipinski definition) is 2.